The normalized spacial score (nSPS) is 23.6. The molecule has 0 radical (unpaired) electrons. The number of aliphatic hydroxyl groups is 1. The Bertz CT molecular complexity index is 196. The molecule has 0 aliphatic rings. The predicted octanol–water partition coefficient (Wildman–Crippen LogP) is 4.35. The highest BCUT2D eigenvalue weighted by molar-refractivity contribution is 4.89. The van der Waals surface area contributed by atoms with E-state index in [9.17, 15) is 5.11 Å². The van der Waals surface area contributed by atoms with Gasteiger partial charge in [-0.05, 0) is 36.5 Å². The summed E-state index contributed by atoms with van der Waals surface area (Å²) in [6, 6.07) is 0. The molecular formula is C15H32O. The van der Waals surface area contributed by atoms with Crippen molar-refractivity contribution >= 4 is 0 Å². The standard InChI is InChI=1S/C15H32O/c1-9-11(4)13(6)15(8,16)14(7)12(5)10(2)3/h10-14,16H,9H2,1-8H3. The second-order valence-electron chi connectivity index (χ2n) is 6.29. The SMILES string of the molecule is CCC(C)C(C)C(C)(O)C(C)C(C)C(C)C. The summed E-state index contributed by atoms with van der Waals surface area (Å²) in [7, 11) is 0. The third kappa shape index (κ3) is 3.48. The van der Waals surface area contributed by atoms with E-state index in [0.717, 1.165) is 6.42 Å². The van der Waals surface area contributed by atoms with Gasteiger partial charge >= 0.3 is 0 Å². The van der Waals surface area contributed by atoms with Gasteiger partial charge in [-0.15, -0.1) is 0 Å². The first-order chi connectivity index (χ1) is 7.16. The molecule has 5 unspecified atom stereocenters. The Morgan fingerprint density at radius 1 is 0.938 bits per heavy atom. The summed E-state index contributed by atoms with van der Waals surface area (Å²) in [5, 5.41) is 10.8. The molecule has 98 valence electrons. The van der Waals surface area contributed by atoms with E-state index in [-0.39, 0.29) is 0 Å². The third-order valence-corrected chi connectivity index (χ3v) is 5.18. The maximum Gasteiger partial charge on any atom is 0.0675 e. The lowest BCUT2D eigenvalue weighted by atomic mass is 9.68. The van der Waals surface area contributed by atoms with Gasteiger partial charge in [-0.25, -0.2) is 0 Å². The molecule has 16 heavy (non-hydrogen) atoms. The molecule has 0 heterocycles. The van der Waals surface area contributed by atoms with Gasteiger partial charge in [0.2, 0.25) is 0 Å². The molecule has 0 saturated heterocycles. The summed E-state index contributed by atoms with van der Waals surface area (Å²) < 4.78 is 0. The molecule has 0 saturated carbocycles. The molecule has 0 aliphatic heterocycles. The quantitative estimate of drug-likeness (QED) is 0.716. The van der Waals surface area contributed by atoms with Crippen LogP contribution in [0.15, 0.2) is 0 Å². The predicted molar refractivity (Wildman–Crippen MR) is 72.4 cm³/mol. The first-order valence-corrected chi connectivity index (χ1v) is 6.88. The molecule has 5 atom stereocenters. The van der Waals surface area contributed by atoms with E-state index >= 15 is 0 Å². The van der Waals surface area contributed by atoms with Gasteiger partial charge < -0.3 is 5.11 Å². The van der Waals surface area contributed by atoms with Gasteiger partial charge in [0.25, 0.3) is 0 Å². The minimum Gasteiger partial charge on any atom is -0.390 e. The zero-order valence-corrected chi connectivity index (χ0v) is 12.5. The molecule has 0 spiro atoms. The van der Waals surface area contributed by atoms with Gasteiger partial charge in [-0.3, -0.25) is 0 Å². The number of hydrogen-bond acceptors (Lipinski definition) is 1. The first-order valence-electron chi connectivity index (χ1n) is 6.88. The molecule has 0 aliphatic carbocycles. The molecule has 0 fully saturated rings. The number of rotatable bonds is 6. The summed E-state index contributed by atoms with van der Waals surface area (Å²) in [5.74, 6) is 2.47. The zero-order chi connectivity index (χ0) is 13.1. The van der Waals surface area contributed by atoms with Crippen LogP contribution in [0.25, 0.3) is 0 Å². The maximum absolute atomic E-state index is 10.8. The Morgan fingerprint density at radius 2 is 1.38 bits per heavy atom. The summed E-state index contributed by atoms with van der Waals surface area (Å²) in [6.45, 7) is 17.6. The van der Waals surface area contributed by atoms with Gasteiger partial charge in [-0.1, -0.05) is 54.9 Å². The highest BCUT2D eigenvalue weighted by Crippen LogP contribution is 2.38. The fourth-order valence-corrected chi connectivity index (χ4v) is 2.45. The molecule has 0 amide bonds. The molecule has 0 aromatic heterocycles. The summed E-state index contributed by atoms with van der Waals surface area (Å²) in [6.07, 6.45) is 1.14. The first kappa shape index (κ1) is 16.0. The molecule has 0 rings (SSSR count). The van der Waals surface area contributed by atoms with Crippen LogP contribution < -0.4 is 0 Å². The molecule has 1 heteroatoms. The second-order valence-corrected chi connectivity index (χ2v) is 6.29. The van der Waals surface area contributed by atoms with Crippen molar-refractivity contribution in [2.24, 2.45) is 29.6 Å². The minimum atomic E-state index is -0.556. The average molecular weight is 228 g/mol. The van der Waals surface area contributed by atoms with Crippen molar-refractivity contribution in [1.82, 2.24) is 0 Å². The average Bonchev–Trinajstić information content (AvgIpc) is 2.24. The van der Waals surface area contributed by atoms with Gasteiger partial charge in [-0.2, -0.15) is 0 Å². The lowest BCUT2D eigenvalue weighted by Crippen LogP contribution is -2.45. The Morgan fingerprint density at radius 3 is 1.69 bits per heavy atom. The Balaban J connectivity index is 4.76. The maximum atomic E-state index is 10.8. The largest absolute Gasteiger partial charge is 0.390 e. The highest BCUT2D eigenvalue weighted by Gasteiger charge is 2.39. The van der Waals surface area contributed by atoms with Crippen molar-refractivity contribution in [2.45, 2.75) is 67.4 Å². The van der Waals surface area contributed by atoms with Crippen LogP contribution in [-0.4, -0.2) is 10.7 Å². The van der Waals surface area contributed by atoms with E-state index in [2.05, 4.69) is 48.5 Å². The molecule has 1 N–H and O–H groups in total. The van der Waals surface area contributed by atoms with Crippen LogP contribution >= 0.6 is 0 Å². The van der Waals surface area contributed by atoms with Gasteiger partial charge in [0.1, 0.15) is 0 Å². The van der Waals surface area contributed by atoms with Crippen LogP contribution in [0.2, 0.25) is 0 Å². The van der Waals surface area contributed by atoms with Crippen molar-refractivity contribution in [3.63, 3.8) is 0 Å². The Hall–Kier alpha value is -0.0400. The molecule has 0 aromatic rings. The highest BCUT2D eigenvalue weighted by atomic mass is 16.3. The van der Waals surface area contributed by atoms with Gasteiger partial charge in [0.05, 0.1) is 5.60 Å². The number of hydrogen-bond donors (Lipinski definition) is 1. The van der Waals surface area contributed by atoms with E-state index in [1.54, 1.807) is 0 Å². The van der Waals surface area contributed by atoms with E-state index < -0.39 is 5.60 Å². The third-order valence-electron chi connectivity index (χ3n) is 5.18. The van der Waals surface area contributed by atoms with E-state index in [4.69, 9.17) is 0 Å². The fourth-order valence-electron chi connectivity index (χ4n) is 2.45. The fraction of sp³-hybridized carbons (Fsp3) is 1.00. The van der Waals surface area contributed by atoms with Crippen molar-refractivity contribution in [2.75, 3.05) is 0 Å². The van der Waals surface area contributed by atoms with Crippen molar-refractivity contribution in [3.05, 3.63) is 0 Å². The molecule has 0 aromatic carbocycles. The molecule has 1 nitrogen and oxygen atoms in total. The lowest BCUT2D eigenvalue weighted by Gasteiger charge is -2.42. The smallest absolute Gasteiger partial charge is 0.0675 e. The van der Waals surface area contributed by atoms with Gasteiger partial charge in [0.15, 0.2) is 0 Å². The van der Waals surface area contributed by atoms with Crippen molar-refractivity contribution in [1.29, 1.82) is 0 Å². The van der Waals surface area contributed by atoms with E-state index in [1.807, 2.05) is 6.92 Å². The lowest BCUT2D eigenvalue weighted by molar-refractivity contribution is -0.0819. The van der Waals surface area contributed by atoms with Gasteiger partial charge in [0, 0.05) is 0 Å². The minimum absolute atomic E-state index is 0.344. The summed E-state index contributed by atoms with van der Waals surface area (Å²) >= 11 is 0. The summed E-state index contributed by atoms with van der Waals surface area (Å²) in [4.78, 5) is 0. The molecule has 0 bridgehead atoms. The van der Waals surface area contributed by atoms with Crippen LogP contribution in [0.1, 0.15) is 61.8 Å². The van der Waals surface area contributed by atoms with E-state index in [0.29, 0.717) is 29.6 Å². The van der Waals surface area contributed by atoms with Crippen LogP contribution in [0.5, 0.6) is 0 Å². The monoisotopic (exact) mass is 228 g/mol. The summed E-state index contributed by atoms with van der Waals surface area (Å²) in [5.41, 5.74) is -0.556. The van der Waals surface area contributed by atoms with Crippen LogP contribution in [0, 0.1) is 29.6 Å². The van der Waals surface area contributed by atoms with Crippen LogP contribution in [-0.2, 0) is 0 Å². The molecular weight excluding hydrogens is 196 g/mol. The zero-order valence-electron chi connectivity index (χ0n) is 12.5. The second kappa shape index (κ2) is 6.05. The van der Waals surface area contributed by atoms with Crippen molar-refractivity contribution < 1.29 is 5.11 Å². The topological polar surface area (TPSA) is 20.2 Å². The Labute approximate surface area is 103 Å². The van der Waals surface area contributed by atoms with Crippen LogP contribution in [0.4, 0.5) is 0 Å². The Kier molecular flexibility index (Phi) is 6.03. The van der Waals surface area contributed by atoms with Crippen LogP contribution in [0.3, 0.4) is 0 Å². The van der Waals surface area contributed by atoms with Crippen molar-refractivity contribution in [3.8, 4) is 0 Å². The van der Waals surface area contributed by atoms with E-state index in [1.165, 1.54) is 0 Å².